The summed E-state index contributed by atoms with van der Waals surface area (Å²) in [6.07, 6.45) is 0. The second-order valence-electron chi connectivity index (χ2n) is 4.70. The van der Waals surface area contributed by atoms with Crippen molar-refractivity contribution in [3.8, 4) is 11.4 Å². The summed E-state index contributed by atoms with van der Waals surface area (Å²) in [7, 11) is 1.58. The fraction of sp³-hybridized carbons (Fsp3) is 0.125. The van der Waals surface area contributed by atoms with Crippen molar-refractivity contribution in [2.45, 2.75) is 6.54 Å². The predicted octanol–water partition coefficient (Wildman–Crippen LogP) is 2.12. The van der Waals surface area contributed by atoms with E-state index in [-0.39, 0.29) is 17.1 Å². The zero-order chi connectivity index (χ0) is 15.5. The van der Waals surface area contributed by atoms with Crippen LogP contribution in [-0.4, -0.2) is 15.6 Å². The first-order chi connectivity index (χ1) is 10.7. The van der Waals surface area contributed by atoms with Gasteiger partial charge >= 0.3 is 10.6 Å². The lowest BCUT2D eigenvalue weighted by molar-refractivity contribution is 0.415. The van der Waals surface area contributed by atoms with Gasteiger partial charge in [0.1, 0.15) is 5.75 Å². The molecule has 0 bridgehead atoms. The Balaban J connectivity index is 1.99. The van der Waals surface area contributed by atoms with Crippen LogP contribution in [0, 0.1) is 0 Å². The van der Waals surface area contributed by atoms with Crippen molar-refractivity contribution in [3.05, 3.63) is 80.3 Å². The topological polar surface area (TPSA) is 53.2 Å². The van der Waals surface area contributed by atoms with E-state index >= 15 is 0 Å². The maximum atomic E-state index is 12.5. The van der Waals surface area contributed by atoms with Gasteiger partial charge in [0.2, 0.25) is 0 Å². The highest BCUT2D eigenvalue weighted by Gasteiger charge is 2.12. The van der Waals surface area contributed by atoms with Crippen LogP contribution >= 0.6 is 11.5 Å². The van der Waals surface area contributed by atoms with Gasteiger partial charge in [0.15, 0.2) is 0 Å². The van der Waals surface area contributed by atoms with Crippen LogP contribution in [0.5, 0.6) is 5.75 Å². The van der Waals surface area contributed by atoms with Gasteiger partial charge < -0.3 is 4.74 Å². The van der Waals surface area contributed by atoms with Crippen LogP contribution in [0.3, 0.4) is 0 Å². The fourth-order valence-electron chi connectivity index (χ4n) is 2.13. The lowest BCUT2D eigenvalue weighted by atomic mass is 10.2. The smallest absolute Gasteiger partial charge is 0.346 e. The van der Waals surface area contributed by atoms with Gasteiger partial charge in [0.25, 0.3) is 0 Å². The molecule has 0 N–H and O–H groups in total. The van der Waals surface area contributed by atoms with Crippen molar-refractivity contribution in [1.29, 1.82) is 0 Å². The first-order valence-electron chi connectivity index (χ1n) is 6.70. The van der Waals surface area contributed by atoms with Gasteiger partial charge in [-0.25, -0.2) is 13.3 Å². The first kappa shape index (κ1) is 14.3. The molecule has 112 valence electrons. The highest BCUT2D eigenvalue weighted by molar-refractivity contribution is 7.03. The molecule has 0 aliphatic carbocycles. The van der Waals surface area contributed by atoms with Gasteiger partial charge in [-0.3, -0.25) is 4.79 Å². The molecule has 0 saturated carbocycles. The van der Waals surface area contributed by atoms with Gasteiger partial charge in [-0.1, -0.05) is 30.3 Å². The maximum absolute atomic E-state index is 12.5. The van der Waals surface area contributed by atoms with Gasteiger partial charge in [0, 0.05) is 11.5 Å². The largest absolute Gasteiger partial charge is 0.497 e. The Morgan fingerprint density at radius 1 is 1.00 bits per heavy atom. The average Bonchev–Trinajstić information content (AvgIpc) is 2.84. The molecule has 0 spiro atoms. The Morgan fingerprint density at radius 3 is 2.32 bits per heavy atom. The first-order valence-corrected chi connectivity index (χ1v) is 7.48. The SMILES string of the molecule is COc1ccc(-n2sc(=O)n(Cc3ccccc3)c2=O)cc1. The summed E-state index contributed by atoms with van der Waals surface area (Å²) in [4.78, 5) is 24.3. The molecule has 0 aliphatic rings. The van der Waals surface area contributed by atoms with E-state index in [1.165, 1.54) is 8.52 Å². The summed E-state index contributed by atoms with van der Waals surface area (Å²) in [6, 6.07) is 16.5. The van der Waals surface area contributed by atoms with Crippen molar-refractivity contribution >= 4 is 11.5 Å². The summed E-state index contributed by atoms with van der Waals surface area (Å²) in [5.41, 5.74) is 1.24. The quantitative estimate of drug-likeness (QED) is 0.741. The summed E-state index contributed by atoms with van der Waals surface area (Å²) in [6.45, 7) is 0.276. The zero-order valence-electron chi connectivity index (χ0n) is 11.9. The number of rotatable bonds is 4. The number of aromatic nitrogens is 2. The second-order valence-corrected chi connectivity index (χ2v) is 5.60. The molecule has 0 saturated heterocycles. The Kier molecular flexibility index (Phi) is 3.93. The highest BCUT2D eigenvalue weighted by Crippen LogP contribution is 2.14. The molecule has 0 atom stereocenters. The van der Waals surface area contributed by atoms with E-state index in [1.54, 1.807) is 31.4 Å². The van der Waals surface area contributed by atoms with E-state index < -0.39 is 0 Å². The van der Waals surface area contributed by atoms with Crippen molar-refractivity contribution in [2.24, 2.45) is 0 Å². The number of methoxy groups -OCH3 is 1. The van der Waals surface area contributed by atoms with Gasteiger partial charge in [-0.15, -0.1) is 0 Å². The second kappa shape index (κ2) is 6.03. The summed E-state index contributed by atoms with van der Waals surface area (Å²) < 4.78 is 7.73. The van der Waals surface area contributed by atoms with Gasteiger partial charge in [-0.2, -0.15) is 0 Å². The predicted molar refractivity (Wildman–Crippen MR) is 86.3 cm³/mol. The Labute approximate surface area is 130 Å². The molecule has 6 heteroatoms. The minimum atomic E-state index is -0.330. The Morgan fingerprint density at radius 2 is 1.68 bits per heavy atom. The van der Waals surface area contributed by atoms with Crippen LogP contribution in [0.1, 0.15) is 5.56 Å². The van der Waals surface area contributed by atoms with Crippen LogP contribution < -0.4 is 15.3 Å². The van der Waals surface area contributed by atoms with Crippen LogP contribution in [0.2, 0.25) is 0 Å². The standard InChI is InChI=1S/C16H14N2O3S/c1-21-14-9-7-13(8-10-14)18-15(19)17(16(20)22-18)11-12-5-3-2-4-6-12/h2-10H,11H2,1H3. The molecule has 2 aromatic carbocycles. The average molecular weight is 314 g/mol. The highest BCUT2D eigenvalue weighted by atomic mass is 32.1. The van der Waals surface area contributed by atoms with Crippen LogP contribution in [0.4, 0.5) is 0 Å². The molecule has 0 radical (unpaired) electrons. The van der Waals surface area contributed by atoms with E-state index in [0.717, 1.165) is 17.1 Å². The van der Waals surface area contributed by atoms with E-state index in [9.17, 15) is 9.59 Å². The fourth-order valence-corrected chi connectivity index (χ4v) is 2.93. The zero-order valence-corrected chi connectivity index (χ0v) is 12.7. The van der Waals surface area contributed by atoms with E-state index in [1.807, 2.05) is 30.3 Å². The monoisotopic (exact) mass is 314 g/mol. The molecule has 0 amide bonds. The van der Waals surface area contributed by atoms with E-state index in [4.69, 9.17) is 4.74 Å². The third kappa shape index (κ3) is 2.73. The third-order valence-electron chi connectivity index (χ3n) is 3.28. The number of ether oxygens (including phenoxy) is 1. The van der Waals surface area contributed by atoms with Crippen molar-refractivity contribution in [3.63, 3.8) is 0 Å². The molecular formula is C16H14N2O3S. The summed E-state index contributed by atoms with van der Waals surface area (Å²) in [5.74, 6) is 0.702. The minimum Gasteiger partial charge on any atom is -0.497 e. The van der Waals surface area contributed by atoms with E-state index in [2.05, 4.69) is 0 Å². The van der Waals surface area contributed by atoms with E-state index in [0.29, 0.717) is 11.4 Å². The Hall–Kier alpha value is -2.60. The van der Waals surface area contributed by atoms with Gasteiger partial charge in [0.05, 0.1) is 19.3 Å². The molecule has 1 aromatic heterocycles. The van der Waals surface area contributed by atoms with Crippen LogP contribution in [-0.2, 0) is 6.54 Å². The van der Waals surface area contributed by atoms with Crippen molar-refractivity contribution < 1.29 is 4.74 Å². The van der Waals surface area contributed by atoms with Gasteiger partial charge in [-0.05, 0) is 29.8 Å². The maximum Gasteiger partial charge on any atom is 0.346 e. The molecule has 0 aliphatic heterocycles. The number of benzene rings is 2. The molecule has 0 unspecified atom stereocenters. The molecule has 1 heterocycles. The molecule has 3 rings (SSSR count). The molecule has 22 heavy (non-hydrogen) atoms. The van der Waals surface area contributed by atoms with Crippen LogP contribution in [0.25, 0.3) is 5.69 Å². The molecular weight excluding hydrogens is 300 g/mol. The van der Waals surface area contributed by atoms with Crippen molar-refractivity contribution in [2.75, 3.05) is 7.11 Å². The number of nitrogens with zero attached hydrogens (tertiary/aromatic N) is 2. The van der Waals surface area contributed by atoms with Crippen LogP contribution in [0.15, 0.2) is 64.2 Å². The number of hydrogen-bond acceptors (Lipinski definition) is 4. The van der Waals surface area contributed by atoms with Crippen molar-refractivity contribution in [1.82, 2.24) is 8.52 Å². The summed E-state index contributed by atoms with van der Waals surface area (Å²) in [5, 5.41) is 0. The molecule has 3 aromatic rings. The summed E-state index contributed by atoms with van der Waals surface area (Å²) >= 11 is 0.898. The molecule has 5 nitrogen and oxygen atoms in total. The Bertz CT molecular complexity index is 876. The lowest BCUT2D eigenvalue weighted by Crippen LogP contribution is -2.28. The number of hydrogen-bond donors (Lipinski definition) is 0. The minimum absolute atomic E-state index is 0.273. The third-order valence-corrected chi connectivity index (χ3v) is 4.21. The lowest BCUT2D eigenvalue weighted by Gasteiger charge is -2.03. The molecule has 0 fully saturated rings. The normalized spacial score (nSPS) is 10.6.